The molecule has 0 saturated carbocycles. The van der Waals surface area contributed by atoms with Gasteiger partial charge < -0.3 is 0 Å². The third-order valence-corrected chi connectivity index (χ3v) is 13.3. The van der Waals surface area contributed by atoms with Crippen LogP contribution in [0.2, 0.25) is 0 Å². The topological polar surface area (TPSA) is 0 Å². The first-order valence-corrected chi connectivity index (χ1v) is 24.4. The van der Waals surface area contributed by atoms with Gasteiger partial charge in [-0.3, -0.25) is 0 Å². The van der Waals surface area contributed by atoms with Crippen molar-refractivity contribution in [3.63, 3.8) is 0 Å². The van der Waals surface area contributed by atoms with Crippen molar-refractivity contribution < 1.29 is 13.0 Å². The molecule has 3 rings (SSSR count). The molecule has 0 aromatic heterocycles. The summed E-state index contributed by atoms with van der Waals surface area (Å²) in [5, 5.41) is 4.65. The van der Waals surface area contributed by atoms with Crippen molar-refractivity contribution in [3.8, 4) is 0 Å². The summed E-state index contributed by atoms with van der Waals surface area (Å²) in [5.41, 5.74) is 0. The number of hydrogen-bond donors (Lipinski definition) is 0. The van der Waals surface area contributed by atoms with E-state index in [1.165, 1.54) is 37.0 Å². The Morgan fingerprint density at radius 1 is 0.405 bits per heavy atom. The van der Waals surface area contributed by atoms with E-state index in [-0.39, 0.29) is 23.8 Å². The summed E-state index contributed by atoms with van der Waals surface area (Å²) in [4.78, 5) is 0. The number of rotatable bonds is 9. The van der Waals surface area contributed by atoms with Crippen molar-refractivity contribution in [1.82, 2.24) is 0 Å². The number of benzene rings is 3. The Bertz CT molecular complexity index is 743. The molecule has 37 heavy (non-hydrogen) atoms. The Morgan fingerprint density at radius 3 is 0.703 bits per heavy atom. The van der Waals surface area contributed by atoms with E-state index >= 15 is 0 Å². The summed E-state index contributed by atoms with van der Waals surface area (Å²) >= 11 is -1.66. The van der Waals surface area contributed by atoms with E-state index in [1.807, 2.05) is 0 Å². The SMILES string of the molecule is CCP(CC)c1ccccc1.CCP(CC)c1ccccc1.CCP(CC)c1ccccc1.[Cl][Rh]([Cl])[Cl]. The molecular formula is C30H45Cl3P3Rh. The Morgan fingerprint density at radius 2 is 0.568 bits per heavy atom. The van der Waals surface area contributed by atoms with Crippen molar-refractivity contribution in [3.05, 3.63) is 91.0 Å². The molecule has 0 aliphatic rings. The van der Waals surface area contributed by atoms with E-state index < -0.39 is 13.0 Å². The van der Waals surface area contributed by atoms with Crippen molar-refractivity contribution >= 4 is 68.8 Å². The van der Waals surface area contributed by atoms with Gasteiger partial charge in [-0.05, 0) is 52.9 Å². The van der Waals surface area contributed by atoms with Crippen LogP contribution in [0.4, 0.5) is 0 Å². The molecule has 0 N–H and O–H groups in total. The molecule has 3 aromatic rings. The van der Waals surface area contributed by atoms with E-state index in [1.54, 1.807) is 15.9 Å². The van der Waals surface area contributed by atoms with E-state index in [0.29, 0.717) is 0 Å². The van der Waals surface area contributed by atoms with Crippen LogP contribution in [0.3, 0.4) is 0 Å². The van der Waals surface area contributed by atoms with E-state index in [2.05, 4.69) is 133 Å². The molecule has 3 aromatic carbocycles. The Hall–Kier alpha value is 0.443. The van der Waals surface area contributed by atoms with Gasteiger partial charge in [-0.1, -0.05) is 156 Å². The predicted octanol–water partition coefficient (Wildman–Crippen LogP) is 10.6. The maximum absolute atomic E-state index is 4.94. The molecule has 7 heteroatoms. The molecular weight excluding hydrogens is 663 g/mol. The molecule has 0 unspecified atom stereocenters. The van der Waals surface area contributed by atoms with Crippen LogP contribution in [0, 0.1) is 0 Å². The Labute approximate surface area is 249 Å². The van der Waals surface area contributed by atoms with Gasteiger partial charge in [-0.25, -0.2) is 0 Å². The van der Waals surface area contributed by atoms with Gasteiger partial charge in [0, 0.05) is 0 Å². The Balaban J connectivity index is 0.000000490. The Kier molecular flexibility index (Phi) is 25.7. The van der Waals surface area contributed by atoms with Crippen LogP contribution in [0.25, 0.3) is 0 Å². The summed E-state index contributed by atoms with van der Waals surface area (Å²) in [6, 6.07) is 32.6. The second-order valence-electron chi connectivity index (χ2n) is 7.67. The molecule has 0 bridgehead atoms. The van der Waals surface area contributed by atoms with E-state index in [4.69, 9.17) is 29.1 Å². The summed E-state index contributed by atoms with van der Waals surface area (Å²) in [7, 11) is 15.3. The van der Waals surface area contributed by atoms with Crippen LogP contribution in [-0.4, -0.2) is 37.0 Å². The zero-order valence-corrected chi connectivity index (χ0v) is 29.8. The first-order valence-electron chi connectivity index (χ1n) is 12.9. The van der Waals surface area contributed by atoms with Crippen molar-refractivity contribution in [2.75, 3.05) is 37.0 Å². The number of hydrogen-bond acceptors (Lipinski definition) is 0. The standard InChI is InChI=1S/3C10H15P.3ClH.Rh/c3*1-3-11(4-2)10-8-6-5-7-9-10;;;;/h3*5-9H,3-4H2,1-2H3;3*1H;/q;;;;;;+3/p-3. The molecule has 0 aliphatic carbocycles. The van der Waals surface area contributed by atoms with Gasteiger partial charge in [0.15, 0.2) is 0 Å². The van der Waals surface area contributed by atoms with Gasteiger partial charge >= 0.3 is 42.1 Å². The molecule has 0 atom stereocenters. The van der Waals surface area contributed by atoms with E-state index in [9.17, 15) is 0 Å². The van der Waals surface area contributed by atoms with Gasteiger partial charge in [0.25, 0.3) is 0 Å². The zero-order chi connectivity index (χ0) is 27.9. The molecule has 0 heterocycles. The van der Waals surface area contributed by atoms with E-state index in [0.717, 1.165) is 0 Å². The van der Waals surface area contributed by atoms with Crippen LogP contribution in [0.5, 0.6) is 0 Å². The predicted molar refractivity (Wildman–Crippen MR) is 180 cm³/mol. The average molecular weight is 708 g/mol. The molecule has 0 spiro atoms. The fourth-order valence-electron chi connectivity index (χ4n) is 3.68. The quantitative estimate of drug-likeness (QED) is 0.153. The van der Waals surface area contributed by atoms with Crippen LogP contribution in [0.1, 0.15) is 41.5 Å². The first-order chi connectivity index (χ1) is 17.9. The summed E-state index contributed by atoms with van der Waals surface area (Å²) in [6.07, 6.45) is 7.89. The molecule has 0 fully saturated rings. The second kappa shape index (κ2) is 25.4. The van der Waals surface area contributed by atoms with Crippen LogP contribution in [-0.2, 0) is 13.0 Å². The van der Waals surface area contributed by atoms with Crippen molar-refractivity contribution in [2.24, 2.45) is 0 Å². The monoisotopic (exact) mass is 706 g/mol. The second-order valence-corrected chi connectivity index (χ2v) is 23.7. The van der Waals surface area contributed by atoms with Gasteiger partial charge in [-0.2, -0.15) is 0 Å². The average Bonchev–Trinajstić information content (AvgIpc) is 2.93. The maximum atomic E-state index is 4.94. The fourth-order valence-corrected chi connectivity index (χ4v) is 9.00. The normalized spacial score (nSPS) is 10.5. The summed E-state index contributed by atoms with van der Waals surface area (Å²) in [5.74, 6) is 0. The fraction of sp³-hybridized carbons (Fsp3) is 0.400. The van der Waals surface area contributed by atoms with Gasteiger partial charge in [0.2, 0.25) is 0 Å². The summed E-state index contributed by atoms with van der Waals surface area (Å²) < 4.78 is 0. The number of halogens is 3. The van der Waals surface area contributed by atoms with Crippen LogP contribution >= 0.6 is 52.8 Å². The van der Waals surface area contributed by atoms with Gasteiger partial charge in [-0.15, -0.1) is 0 Å². The van der Waals surface area contributed by atoms with Gasteiger partial charge in [0.05, 0.1) is 0 Å². The zero-order valence-electron chi connectivity index (χ0n) is 23.2. The third kappa shape index (κ3) is 18.4. The van der Waals surface area contributed by atoms with Crippen molar-refractivity contribution in [1.29, 1.82) is 0 Å². The molecule has 0 aliphatic heterocycles. The van der Waals surface area contributed by atoms with Crippen molar-refractivity contribution in [2.45, 2.75) is 41.5 Å². The molecule has 0 nitrogen and oxygen atoms in total. The van der Waals surface area contributed by atoms with Crippen LogP contribution < -0.4 is 15.9 Å². The van der Waals surface area contributed by atoms with Gasteiger partial charge in [0.1, 0.15) is 0 Å². The minimum absolute atomic E-state index is 0.149. The molecule has 0 saturated heterocycles. The molecule has 0 radical (unpaired) electrons. The molecule has 0 amide bonds. The summed E-state index contributed by atoms with van der Waals surface area (Å²) in [6.45, 7) is 13.7. The first kappa shape index (κ1) is 37.4. The van der Waals surface area contributed by atoms with Crippen LogP contribution in [0.15, 0.2) is 91.0 Å². The minimum atomic E-state index is -1.66. The molecule has 210 valence electrons. The third-order valence-electron chi connectivity index (χ3n) is 5.65.